The molecule has 7 nitrogen and oxygen atoms in total. The molecule has 0 bridgehead atoms. The van der Waals surface area contributed by atoms with Gasteiger partial charge in [-0.25, -0.2) is 4.98 Å². The van der Waals surface area contributed by atoms with Crippen molar-refractivity contribution in [2.24, 2.45) is 5.92 Å². The lowest BCUT2D eigenvalue weighted by Crippen LogP contribution is -2.54. The molecule has 2 aliphatic rings. The maximum atomic E-state index is 13.3. The number of H-pyrrole nitrogens is 1. The number of likely N-dealkylation sites (tertiary alicyclic amines) is 1. The number of nitrogens with one attached hydrogen (secondary N) is 1. The molecule has 2 aromatic rings. The van der Waals surface area contributed by atoms with Gasteiger partial charge in [0.15, 0.2) is 0 Å². The number of carbonyl (C=O) groups is 2. The molecule has 1 saturated heterocycles. The Labute approximate surface area is 161 Å². The Morgan fingerprint density at radius 3 is 2.96 bits per heavy atom. The molecule has 4 heterocycles. The van der Waals surface area contributed by atoms with Crippen LogP contribution in [0.15, 0.2) is 12.4 Å². The summed E-state index contributed by atoms with van der Waals surface area (Å²) in [5, 5.41) is 10.6. The van der Waals surface area contributed by atoms with E-state index < -0.39 is 12.1 Å². The highest BCUT2D eigenvalue weighted by Gasteiger charge is 2.42. The third-order valence-electron chi connectivity index (χ3n) is 5.48. The van der Waals surface area contributed by atoms with Crippen LogP contribution in [-0.2, 0) is 11.3 Å². The van der Waals surface area contributed by atoms with Gasteiger partial charge in [-0.1, -0.05) is 25.4 Å². The van der Waals surface area contributed by atoms with Crippen LogP contribution in [0, 0.1) is 17.2 Å². The molecule has 0 aliphatic carbocycles. The van der Waals surface area contributed by atoms with Crippen molar-refractivity contribution in [3.05, 3.63) is 28.5 Å². The summed E-state index contributed by atoms with van der Waals surface area (Å²) in [5.41, 5.74) is 1.90. The third-order valence-corrected chi connectivity index (χ3v) is 5.81. The molecular formula is C19H20ClN5O2. The highest BCUT2D eigenvalue weighted by atomic mass is 35.5. The van der Waals surface area contributed by atoms with Crippen LogP contribution in [0.4, 0.5) is 0 Å². The molecule has 8 heteroatoms. The molecule has 4 rings (SSSR count). The minimum absolute atomic E-state index is 0.0991. The number of halogens is 1. The van der Waals surface area contributed by atoms with Gasteiger partial charge in [-0.05, 0) is 18.8 Å². The first kappa shape index (κ1) is 17.8. The Morgan fingerprint density at radius 1 is 1.48 bits per heavy atom. The van der Waals surface area contributed by atoms with Crippen LogP contribution in [0.1, 0.15) is 42.6 Å². The van der Waals surface area contributed by atoms with E-state index >= 15 is 0 Å². The third kappa shape index (κ3) is 2.67. The summed E-state index contributed by atoms with van der Waals surface area (Å²) >= 11 is 6.36. The summed E-state index contributed by atoms with van der Waals surface area (Å²) in [6.45, 7) is 4.65. The van der Waals surface area contributed by atoms with E-state index in [1.807, 2.05) is 13.8 Å². The van der Waals surface area contributed by atoms with Crippen molar-refractivity contribution in [3.63, 3.8) is 0 Å². The molecule has 2 aliphatic heterocycles. The zero-order valence-corrected chi connectivity index (χ0v) is 16.0. The van der Waals surface area contributed by atoms with Crippen LogP contribution < -0.4 is 0 Å². The average molecular weight is 386 g/mol. The van der Waals surface area contributed by atoms with E-state index in [2.05, 4.69) is 16.0 Å². The van der Waals surface area contributed by atoms with Crippen molar-refractivity contribution in [1.29, 1.82) is 5.26 Å². The molecule has 27 heavy (non-hydrogen) atoms. The molecule has 0 saturated carbocycles. The molecule has 1 N–H and O–H groups in total. The first-order chi connectivity index (χ1) is 12.9. The minimum Gasteiger partial charge on any atom is -0.345 e. The predicted molar refractivity (Wildman–Crippen MR) is 100.0 cm³/mol. The van der Waals surface area contributed by atoms with E-state index in [-0.39, 0.29) is 24.3 Å². The van der Waals surface area contributed by atoms with Gasteiger partial charge >= 0.3 is 0 Å². The van der Waals surface area contributed by atoms with Gasteiger partial charge in [0, 0.05) is 36.4 Å². The van der Waals surface area contributed by atoms with E-state index in [4.69, 9.17) is 11.6 Å². The standard InChI is InChI=1S/C19H20ClN5O2/c1-10(2)16(19(27)24-5-3-4-11(24)6-21)25-9-13-14(20)8-23-17-15(13)12(7-22-17)18(25)26/h7-8,10-11,16H,3-5,9H2,1-2H3,(H,22,23)/t11-,16-/m1/s1. The predicted octanol–water partition coefficient (Wildman–Crippen LogP) is 2.71. The number of hydrogen-bond acceptors (Lipinski definition) is 4. The summed E-state index contributed by atoms with van der Waals surface area (Å²) in [6.07, 6.45) is 4.68. The number of rotatable bonds is 3. The first-order valence-electron chi connectivity index (χ1n) is 9.09. The fourth-order valence-electron chi connectivity index (χ4n) is 4.20. The van der Waals surface area contributed by atoms with E-state index in [1.54, 1.807) is 22.2 Å². The van der Waals surface area contributed by atoms with Crippen molar-refractivity contribution in [1.82, 2.24) is 19.8 Å². The van der Waals surface area contributed by atoms with Crippen molar-refractivity contribution >= 4 is 34.4 Å². The molecule has 140 valence electrons. The SMILES string of the molecule is CC(C)[C@H](C(=O)N1CCC[C@@H]1C#N)N1Cc2c(Cl)cnc3[nH]cc(c23)C1=O. The van der Waals surface area contributed by atoms with E-state index in [9.17, 15) is 14.9 Å². The molecule has 0 unspecified atom stereocenters. The van der Waals surface area contributed by atoms with Crippen molar-refractivity contribution in [2.75, 3.05) is 6.54 Å². The van der Waals surface area contributed by atoms with Gasteiger partial charge in [-0.2, -0.15) is 5.26 Å². The summed E-state index contributed by atoms with van der Waals surface area (Å²) < 4.78 is 0. The smallest absolute Gasteiger partial charge is 0.257 e. The molecule has 0 radical (unpaired) electrons. The highest BCUT2D eigenvalue weighted by Crippen LogP contribution is 2.35. The maximum absolute atomic E-state index is 13.3. The van der Waals surface area contributed by atoms with Gasteiger partial charge in [-0.3, -0.25) is 9.59 Å². The zero-order valence-electron chi connectivity index (χ0n) is 15.2. The van der Waals surface area contributed by atoms with Crippen LogP contribution in [0.5, 0.6) is 0 Å². The molecule has 2 atom stereocenters. The number of hydrogen-bond donors (Lipinski definition) is 1. The van der Waals surface area contributed by atoms with Crippen molar-refractivity contribution in [2.45, 2.75) is 45.3 Å². The number of pyridine rings is 1. The fraction of sp³-hybridized carbons (Fsp3) is 0.474. The first-order valence-corrected chi connectivity index (χ1v) is 9.47. The second kappa shape index (κ2) is 6.54. The molecular weight excluding hydrogens is 366 g/mol. The number of aromatic nitrogens is 2. The topological polar surface area (TPSA) is 93.1 Å². The Kier molecular flexibility index (Phi) is 4.31. The van der Waals surface area contributed by atoms with Crippen LogP contribution >= 0.6 is 11.6 Å². The van der Waals surface area contributed by atoms with Gasteiger partial charge in [-0.15, -0.1) is 0 Å². The molecule has 2 amide bonds. The largest absolute Gasteiger partial charge is 0.345 e. The normalized spacial score (nSPS) is 20.4. The van der Waals surface area contributed by atoms with Crippen LogP contribution in [0.3, 0.4) is 0 Å². The van der Waals surface area contributed by atoms with Gasteiger partial charge < -0.3 is 14.8 Å². The van der Waals surface area contributed by atoms with Gasteiger partial charge in [0.05, 0.1) is 16.7 Å². The van der Waals surface area contributed by atoms with Crippen LogP contribution in [0.25, 0.3) is 11.0 Å². The quantitative estimate of drug-likeness (QED) is 0.879. The van der Waals surface area contributed by atoms with Crippen molar-refractivity contribution in [3.8, 4) is 6.07 Å². The summed E-state index contributed by atoms with van der Waals surface area (Å²) in [6, 6.07) is 1.14. The number of carbonyl (C=O) groups excluding carboxylic acids is 2. The van der Waals surface area contributed by atoms with Crippen LogP contribution in [-0.4, -0.2) is 50.2 Å². The summed E-state index contributed by atoms with van der Waals surface area (Å²) in [7, 11) is 0. The van der Waals surface area contributed by atoms with Gasteiger partial charge in [0.2, 0.25) is 5.91 Å². The number of amides is 2. The van der Waals surface area contributed by atoms with E-state index in [1.165, 1.54) is 0 Å². The Hall–Kier alpha value is -2.59. The van der Waals surface area contributed by atoms with E-state index in [0.29, 0.717) is 29.2 Å². The lowest BCUT2D eigenvalue weighted by Gasteiger charge is -2.38. The second-order valence-electron chi connectivity index (χ2n) is 7.45. The minimum atomic E-state index is -0.645. The Morgan fingerprint density at radius 2 is 2.26 bits per heavy atom. The summed E-state index contributed by atoms with van der Waals surface area (Å²) in [4.78, 5) is 37.0. The lowest BCUT2D eigenvalue weighted by atomic mass is 9.95. The average Bonchev–Trinajstić information content (AvgIpc) is 3.28. The molecule has 0 aromatic carbocycles. The maximum Gasteiger partial charge on any atom is 0.257 e. The molecule has 1 fully saturated rings. The molecule has 2 aromatic heterocycles. The van der Waals surface area contributed by atoms with Crippen molar-refractivity contribution < 1.29 is 9.59 Å². The fourth-order valence-corrected chi connectivity index (χ4v) is 4.40. The Bertz CT molecular complexity index is 976. The highest BCUT2D eigenvalue weighted by molar-refractivity contribution is 6.32. The van der Waals surface area contributed by atoms with Crippen LogP contribution in [0.2, 0.25) is 5.02 Å². The molecule has 0 spiro atoms. The number of aromatic amines is 1. The summed E-state index contributed by atoms with van der Waals surface area (Å²) in [5.74, 6) is -0.474. The van der Waals surface area contributed by atoms with Gasteiger partial charge in [0.1, 0.15) is 17.7 Å². The number of nitrogens with zero attached hydrogens (tertiary/aromatic N) is 4. The van der Waals surface area contributed by atoms with E-state index in [0.717, 1.165) is 17.4 Å². The number of nitriles is 1. The van der Waals surface area contributed by atoms with Gasteiger partial charge in [0.25, 0.3) is 5.91 Å². The monoisotopic (exact) mass is 385 g/mol. The lowest BCUT2D eigenvalue weighted by molar-refractivity contribution is -0.138. The Balaban J connectivity index is 1.74. The zero-order chi connectivity index (χ0) is 19.3. The second-order valence-corrected chi connectivity index (χ2v) is 7.86.